The van der Waals surface area contributed by atoms with Crippen molar-refractivity contribution in [3.63, 3.8) is 0 Å². The summed E-state index contributed by atoms with van der Waals surface area (Å²) in [7, 11) is 1.80. The lowest BCUT2D eigenvalue weighted by molar-refractivity contribution is -0.128. The second-order valence-electron chi connectivity index (χ2n) is 8.54. The van der Waals surface area contributed by atoms with Crippen LogP contribution in [-0.4, -0.2) is 38.1 Å². The Bertz CT molecular complexity index is 1310. The van der Waals surface area contributed by atoms with Crippen molar-refractivity contribution in [3.8, 4) is 0 Å². The van der Waals surface area contributed by atoms with Gasteiger partial charge in [0.15, 0.2) is 5.16 Å². The standard InChI is InChI=1S/C25H28N4O2S2/c1-16(2)13-14-29-24(31)18-9-5-6-10-19(18)27-25(29)32-15-22(30)28(4)17(3)23-26-20-11-7-8-12-21(20)33-23/h5-12,16-17H,13-15H2,1-4H3/t17-/m1/s1. The van der Waals surface area contributed by atoms with Gasteiger partial charge in [-0.1, -0.05) is 49.9 Å². The fourth-order valence-corrected chi connectivity index (χ4v) is 5.53. The molecular weight excluding hydrogens is 452 g/mol. The molecule has 0 fully saturated rings. The molecule has 6 nitrogen and oxygen atoms in total. The van der Waals surface area contributed by atoms with E-state index in [2.05, 4.69) is 13.8 Å². The lowest BCUT2D eigenvalue weighted by Crippen LogP contribution is -2.31. The minimum atomic E-state index is -0.136. The van der Waals surface area contributed by atoms with Crippen molar-refractivity contribution in [2.24, 2.45) is 5.92 Å². The lowest BCUT2D eigenvalue weighted by atomic mass is 10.1. The first-order valence-electron chi connectivity index (χ1n) is 11.1. The summed E-state index contributed by atoms with van der Waals surface area (Å²) in [6, 6.07) is 15.2. The Kier molecular flexibility index (Phi) is 7.14. The van der Waals surface area contributed by atoms with Crippen LogP contribution in [0.4, 0.5) is 0 Å². The van der Waals surface area contributed by atoms with Gasteiger partial charge in [-0.15, -0.1) is 11.3 Å². The Morgan fingerprint density at radius 3 is 2.48 bits per heavy atom. The van der Waals surface area contributed by atoms with Crippen LogP contribution in [0.15, 0.2) is 58.5 Å². The predicted octanol–water partition coefficient (Wildman–Crippen LogP) is 5.36. The molecule has 0 N–H and O–H groups in total. The van der Waals surface area contributed by atoms with E-state index in [4.69, 9.17) is 9.97 Å². The van der Waals surface area contributed by atoms with Crippen molar-refractivity contribution in [1.29, 1.82) is 0 Å². The summed E-state index contributed by atoms with van der Waals surface area (Å²) in [6.07, 6.45) is 0.871. The molecule has 8 heteroatoms. The molecule has 4 rings (SSSR count). The molecule has 33 heavy (non-hydrogen) atoms. The van der Waals surface area contributed by atoms with E-state index in [0.29, 0.717) is 28.5 Å². The van der Waals surface area contributed by atoms with Gasteiger partial charge in [-0.2, -0.15) is 0 Å². The Morgan fingerprint density at radius 2 is 1.76 bits per heavy atom. The second-order valence-corrected chi connectivity index (χ2v) is 10.5. The molecule has 0 saturated carbocycles. The highest BCUT2D eigenvalue weighted by Gasteiger charge is 2.22. The predicted molar refractivity (Wildman–Crippen MR) is 137 cm³/mol. The quantitative estimate of drug-likeness (QED) is 0.251. The van der Waals surface area contributed by atoms with Crippen LogP contribution in [0.1, 0.15) is 38.2 Å². The smallest absolute Gasteiger partial charge is 0.262 e. The molecule has 4 aromatic rings. The average Bonchev–Trinajstić information content (AvgIpc) is 3.25. The summed E-state index contributed by atoms with van der Waals surface area (Å²) in [5, 5.41) is 2.11. The summed E-state index contributed by atoms with van der Waals surface area (Å²) in [6.45, 7) is 6.85. The van der Waals surface area contributed by atoms with Gasteiger partial charge in [-0.05, 0) is 43.5 Å². The molecule has 0 aliphatic rings. The number of hydrogen-bond acceptors (Lipinski definition) is 6. The number of fused-ring (bicyclic) bond motifs is 2. The summed E-state index contributed by atoms with van der Waals surface area (Å²) in [4.78, 5) is 37.3. The highest BCUT2D eigenvalue weighted by atomic mass is 32.2. The normalized spacial score (nSPS) is 12.5. The zero-order valence-electron chi connectivity index (χ0n) is 19.3. The number of amides is 1. The number of benzene rings is 2. The van der Waals surface area contributed by atoms with E-state index < -0.39 is 0 Å². The molecule has 172 valence electrons. The molecule has 0 spiro atoms. The minimum absolute atomic E-state index is 0.0235. The largest absolute Gasteiger partial charge is 0.336 e. The highest BCUT2D eigenvalue weighted by Crippen LogP contribution is 2.29. The molecule has 1 amide bonds. The van der Waals surface area contributed by atoms with Crippen LogP contribution in [0.3, 0.4) is 0 Å². The Labute approximate surface area is 201 Å². The lowest BCUT2D eigenvalue weighted by Gasteiger charge is -2.23. The van der Waals surface area contributed by atoms with Gasteiger partial charge >= 0.3 is 0 Å². The molecule has 0 bridgehead atoms. The van der Waals surface area contributed by atoms with E-state index in [1.807, 2.05) is 55.5 Å². The molecule has 0 aliphatic heterocycles. The van der Waals surface area contributed by atoms with Crippen LogP contribution in [0.5, 0.6) is 0 Å². The monoisotopic (exact) mass is 480 g/mol. The first-order valence-corrected chi connectivity index (χ1v) is 12.9. The van der Waals surface area contributed by atoms with Gasteiger partial charge in [-0.25, -0.2) is 9.97 Å². The van der Waals surface area contributed by atoms with Crippen LogP contribution in [0, 0.1) is 5.92 Å². The number of carbonyl (C=O) groups is 1. The molecule has 2 aromatic carbocycles. The zero-order valence-corrected chi connectivity index (χ0v) is 20.9. The van der Waals surface area contributed by atoms with Crippen molar-refractivity contribution >= 4 is 50.1 Å². The summed E-state index contributed by atoms with van der Waals surface area (Å²) in [5.74, 6) is 0.645. The van der Waals surface area contributed by atoms with Gasteiger partial charge < -0.3 is 4.90 Å². The molecule has 1 atom stereocenters. The first-order chi connectivity index (χ1) is 15.8. The van der Waals surface area contributed by atoms with Crippen LogP contribution in [-0.2, 0) is 11.3 Å². The molecule has 2 aromatic heterocycles. The number of thiazole rings is 1. The number of rotatable bonds is 8. The molecule has 2 heterocycles. The van der Waals surface area contributed by atoms with Crippen molar-refractivity contribution in [2.75, 3.05) is 12.8 Å². The molecule has 0 radical (unpaired) electrons. The third kappa shape index (κ3) is 5.12. The molecule has 0 saturated heterocycles. The van der Waals surface area contributed by atoms with Crippen molar-refractivity contribution in [1.82, 2.24) is 19.4 Å². The average molecular weight is 481 g/mol. The molecule has 0 unspecified atom stereocenters. The third-order valence-corrected chi connectivity index (χ3v) is 7.89. The highest BCUT2D eigenvalue weighted by molar-refractivity contribution is 7.99. The van der Waals surface area contributed by atoms with Crippen LogP contribution < -0.4 is 5.56 Å². The minimum Gasteiger partial charge on any atom is -0.336 e. The van der Waals surface area contributed by atoms with Gasteiger partial charge in [0.2, 0.25) is 5.91 Å². The van der Waals surface area contributed by atoms with E-state index in [0.717, 1.165) is 21.6 Å². The summed E-state index contributed by atoms with van der Waals surface area (Å²) in [5.41, 5.74) is 1.57. The van der Waals surface area contributed by atoms with E-state index in [1.54, 1.807) is 27.9 Å². The molecule has 0 aliphatic carbocycles. The fourth-order valence-electron chi connectivity index (χ4n) is 3.52. The van der Waals surface area contributed by atoms with E-state index in [-0.39, 0.29) is 23.3 Å². The number of para-hydroxylation sites is 2. The van der Waals surface area contributed by atoms with Crippen molar-refractivity contribution in [2.45, 2.75) is 44.9 Å². The van der Waals surface area contributed by atoms with E-state index in [1.165, 1.54) is 11.8 Å². The fraction of sp³-hybridized carbons (Fsp3) is 0.360. The maximum Gasteiger partial charge on any atom is 0.262 e. The number of nitrogens with zero attached hydrogens (tertiary/aromatic N) is 4. The van der Waals surface area contributed by atoms with Crippen LogP contribution >= 0.6 is 23.1 Å². The van der Waals surface area contributed by atoms with Gasteiger partial charge in [0.25, 0.3) is 5.56 Å². The maximum absolute atomic E-state index is 13.1. The van der Waals surface area contributed by atoms with Crippen molar-refractivity contribution < 1.29 is 4.79 Å². The maximum atomic E-state index is 13.1. The van der Waals surface area contributed by atoms with Crippen molar-refractivity contribution in [3.05, 3.63) is 63.9 Å². The number of aromatic nitrogens is 3. The van der Waals surface area contributed by atoms with Gasteiger partial charge in [0.1, 0.15) is 5.01 Å². The van der Waals surface area contributed by atoms with Gasteiger partial charge in [0.05, 0.1) is 32.9 Å². The summed E-state index contributed by atoms with van der Waals surface area (Å²) < 4.78 is 2.83. The number of hydrogen-bond donors (Lipinski definition) is 0. The number of carbonyl (C=O) groups excluding carboxylic acids is 1. The second kappa shape index (κ2) is 10.1. The van der Waals surface area contributed by atoms with Gasteiger partial charge in [0, 0.05) is 13.6 Å². The number of thioether (sulfide) groups is 1. The first kappa shape index (κ1) is 23.4. The third-order valence-electron chi connectivity index (χ3n) is 5.72. The Morgan fingerprint density at radius 1 is 1.06 bits per heavy atom. The summed E-state index contributed by atoms with van der Waals surface area (Å²) >= 11 is 2.94. The zero-order chi connectivity index (χ0) is 23.5. The van der Waals surface area contributed by atoms with E-state index in [9.17, 15) is 9.59 Å². The Hall–Kier alpha value is -2.71. The van der Waals surface area contributed by atoms with Crippen LogP contribution in [0.25, 0.3) is 21.1 Å². The van der Waals surface area contributed by atoms with E-state index >= 15 is 0 Å². The van der Waals surface area contributed by atoms with Crippen LogP contribution in [0.2, 0.25) is 0 Å². The topological polar surface area (TPSA) is 68.1 Å². The van der Waals surface area contributed by atoms with Gasteiger partial charge in [-0.3, -0.25) is 14.2 Å². The SMILES string of the molecule is CC(C)CCn1c(SCC(=O)N(C)[C@H](C)c2nc3ccccc3s2)nc2ccccc2c1=O. The molecular formula is C25H28N4O2S2. The Balaban J connectivity index is 1.53.